The van der Waals surface area contributed by atoms with Gasteiger partial charge in [0, 0.05) is 25.3 Å². The highest BCUT2D eigenvalue weighted by molar-refractivity contribution is 5.92. The summed E-state index contributed by atoms with van der Waals surface area (Å²) in [6.45, 7) is 2.95. The molecule has 1 N–H and O–H groups in total. The van der Waals surface area contributed by atoms with Gasteiger partial charge in [-0.05, 0) is 38.0 Å². The third-order valence-corrected chi connectivity index (χ3v) is 3.71. The summed E-state index contributed by atoms with van der Waals surface area (Å²) in [6, 6.07) is 5.58. The fourth-order valence-electron chi connectivity index (χ4n) is 2.60. The number of hydrogen-bond donors (Lipinski definition) is 1. The van der Waals surface area contributed by atoms with Crippen LogP contribution in [0, 0.1) is 11.7 Å². The lowest BCUT2D eigenvalue weighted by Crippen LogP contribution is -2.49. The van der Waals surface area contributed by atoms with E-state index in [0.717, 1.165) is 0 Å². The van der Waals surface area contributed by atoms with Crippen molar-refractivity contribution < 1.29 is 19.1 Å². The SMILES string of the molecule is CCN(C(=O)N1CCC[C@@H](C(=O)O)C1)c1cccc(F)c1. The fourth-order valence-corrected chi connectivity index (χ4v) is 2.60. The van der Waals surface area contributed by atoms with E-state index in [1.807, 2.05) is 0 Å². The van der Waals surface area contributed by atoms with Gasteiger partial charge in [0.15, 0.2) is 0 Å². The Morgan fingerprint density at radius 3 is 2.86 bits per heavy atom. The Kier molecular flexibility index (Phi) is 4.77. The molecule has 1 atom stereocenters. The van der Waals surface area contributed by atoms with E-state index in [4.69, 9.17) is 5.11 Å². The van der Waals surface area contributed by atoms with Gasteiger partial charge < -0.3 is 10.0 Å². The molecule has 114 valence electrons. The van der Waals surface area contributed by atoms with E-state index in [1.165, 1.54) is 21.9 Å². The lowest BCUT2D eigenvalue weighted by molar-refractivity contribution is -0.143. The number of carbonyl (C=O) groups is 2. The zero-order valence-corrected chi connectivity index (χ0v) is 12.0. The second-order valence-corrected chi connectivity index (χ2v) is 5.13. The van der Waals surface area contributed by atoms with Crippen LogP contribution in [0.3, 0.4) is 0 Å². The van der Waals surface area contributed by atoms with Gasteiger partial charge in [0.05, 0.1) is 5.92 Å². The summed E-state index contributed by atoms with van der Waals surface area (Å²) in [5, 5.41) is 9.09. The van der Waals surface area contributed by atoms with Crippen LogP contribution < -0.4 is 4.90 Å². The molecular weight excluding hydrogens is 275 g/mol. The first-order chi connectivity index (χ1) is 10.0. The first kappa shape index (κ1) is 15.3. The number of piperidine rings is 1. The maximum absolute atomic E-state index is 13.3. The van der Waals surface area contributed by atoms with Crippen molar-refractivity contribution >= 4 is 17.7 Å². The van der Waals surface area contributed by atoms with Crippen molar-refractivity contribution in [1.29, 1.82) is 0 Å². The monoisotopic (exact) mass is 294 g/mol. The van der Waals surface area contributed by atoms with E-state index < -0.39 is 17.7 Å². The van der Waals surface area contributed by atoms with E-state index in [0.29, 0.717) is 31.6 Å². The van der Waals surface area contributed by atoms with Gasteiger partial charge in [0.1, 0.15) is 5.82 Å². The third kappa shape index (κ3) is 3.51. The van der Waals surface area contributed by atoms with E-state index in [2.05, 4.69) is 0 Å². The van der Waals surface area contributed by atoms with Gasteiger partial charge in [0.2, 0.25) is 0 Å². The second kappa shape index (κ2) is 6.56. The number of anilines is 1. The van der Waals surface area contributed by atoms with Crippen LogP contribution in [0.1, 0.15) is 19.8 Å². The number of hydrogen-bond acceptors (Lipinski definition) is 2. The molecule has 21 heavy (non-hydrogen) atoms. The molecule has 2 amide bonds. The molecule has 1 aliphatic heterocycles. The highest BCUT2D eigenvalue weighted by Gasteiger charge is 2.30. The van der Waals surface area contributed by atoms with E-state index >= 15 is 0 Å². The van der Waals surface area contributed by atoms with E-state index in [1.54, 1.807) is 19.1 Å². The number of aliphatic carboxylic acids is 1. The van der Waals surface area contributed by atoms with E-state index in [-0.39, 0.29) is 12.6 Å². The first-order valence-corrected chi connectivity index (χ1v) is 7.07. The molecule has 0 unspecified atom stereocenters. The van der Waals surface area contributed by atoms with Gasteiger partial charge in [-0.25, -0.2) is 9.18 Å². The molecule has 1 saturated heterocycles. The largest absolute Gasteiger partial charge is 0.481 e. The summed E-state index contributed by atoms with van der Waals surface area (Å²) in [4.78, 5) is 26.6. The topological polar surface area (TPSA) is 60.9 Å². The van der Waals surface area contributed by atoms with Crippen LogP contribution in [0.25, 0.3) is 0 Å². The van der Waals surface area contributed by atoms with Crippen molar-refractivity contribution in [3.05, 3.63) is 30.1 Å². The molecule has 0 spiro atoms. The standard InChI is InChI=1S/C15H19FN2O3/c1-2-18(13-7-3-6-12(16)9-13)15(21)17-8-4-5-11(10-17)14(19)20/h3,6-7,9,11H,2,4-5,8,10H2,1H3,(H,19,20)/t11-/m1/s1. The van der Waals surface area contributed by atoms with Crippen molar-refractivity contribution in [2.45, 2.75) is 19.8 Å². The molecule has 0 aromatic heterocycles. The quantitative estimate of drug-likeness (QED) is 0.932. The minimum absolute atomic E-state index is 0.208. The summed E-state index contributed by atoms with van der Waals surface area (Å²) in [6.07, 6.45) is 1.26. The maximum atomic E-state index is 13.3. The molecule has 0 saturated carbocycles. The van der Waals surface area contributed by atoms with Gasteiger partial charge in [-0.1, -0.05) is 6.07 Å². The summed E-state index contributed by atoms with van der Waals surface area (Å²) in [5.74, 6) is -1.80. The molecule has 6 heteroatoms. The van der Waals surface area contributed by atoms with Crippen molar-refractivity contribution in [1.82, 2.24) is 4.90 Å². The number of likely N-dealkylation sites (tertiary alicyclic amines) is 1. The number of nitrogens with zero attached hydrogens (tertiary/aromatic N) is 2. The second-order valence-electron chi connectivity index (χ2n) is 5.13. The molecule has 2 rings (SSSR count). The Labute approximate surface area is 123 Å². The molecule has 5 nitrogen and oxygen atoms in total. The molecule has 0 bridgehead atoms. The Morgan fingerprint density at radius 1 is 1.48 bits per heavy atom. The number of carbonyl (C=O) groups excluding carboxylic acids is 1. The molecule has 1 aromatic carbocycles. The van der Waals surface area contributed by atoms with Gasteiger partial charge >= 0.3 is 12.0 Å². The third-order valence-electron chi connectivity index (χ3n) is 3.71. The van der Waals surface area contributed by atoms with Crippen molar-refractivity contribution in [3.8, 4) is 0 Å². The molecule has 1 aromatic rings. The minimum Gasteiger partial charge on any atom is -0.481 e. The lowest BCUT2D eigenvalue weighted by atomic mass is 9.98. The number of carboxylic acid groups (broad SMARTS) is 1. The van der Waals surface area contributed by atoms with Crippen LogP contribution in [-0.4, -0.2) is 41.6 Å². The lowest BCUT2D eigenvalue weighted by Gasteiger charge is -2.34. The highest BCUT2D eigenvalue weighted by atomic mass is 19.1. The average molecular weight is 294 g/mol. The normalized spacial score (nSPS) is 18.4. The van der Waals surface area contributed by atoms with Crippen LogP contribution in [0.4, 0.5) is 14.9 Å². The predicted octanol–water partition coefficient (Wildman–Crippen LogP) is 2.57. The van der Waals surface area contributed by atoms with Gasteiger partial charge in [0.25, 0.3) is 0 Å². The molecule has 1 fully saturated rings. The van der Waals surface area contributed by atoms with Crippen molar-refractivity contribution in [2.24, 2.45) is 5.92 Å². The Morgan fingerprint density at radius 2 is 2.24 bits per heavy atom. The summed E-state index contributed by atoms with van der Waals surface area (Å²) >= 11 is 0. The van der Waals surface area contributed by atoms with Crippen LogP contribution in [0.5, 0.6) is 0 Å². The van der Waals surface area contributed by atoms with Crippen LogP contribution in [0.2, 0.25) is 0 Å². The number of benzene rings is 1. The number of urea groups is 1. The average Bonchev–Trinajstić information content (AvgIpc) is 2.48. The maximum Gasteiger partial charge on any atom is 0.324 e. The van der Waals surface area contributed by atoms with Crippen LogP contribution in [-0.2, 0) is 4.79 Å². The number of amides is 2. The summed E-state index contributed by atoms with van der Waals surface area (Å²) in [5.41, 5.74) is 0.486. The van der Waals surface area contributed by atoms with Gasteiger partial charge in [-0.2, -0.15) is 0 Å². The summed E-state index contributed by atoms with van der Waals surface area (Å²) < 4.78 is 13.3. The molecule has 0 radical (unpaired) electrons. The zero-order chi connectivity index (χ0) is 15.4. The van der Waals surface area contributed by atoms with Crippen molar-refractivity contribution in [3.63, 3.8) is 0 Å². The van der Waals surface area contributed by atoms with Gasteiger partial charge in [-0.15, -0.1) is 0 Å². The zero-order valence-electron chi connectivity index (χ0n) is 12.0. The molecule has 1 aliphatic rings. The first-order valence-electron chi connectivity index (χ1n) is 7.07. The number of carboxylic acids is 1. The minimum atomic E-state index is -0.874. The molecular formula is C15H19FN2O3. The Balaban J connectivity index is 2.14. The highest BCUT2D eigenvalue weighted by Crippen LogP contribution is 2.21. The van der Waals surface area contributed by atoms with Crippen LogP contribution in [0.15, 0.2) is 24.3 Å². The van der Waals surface area contributed by atoms with Gasteiger partial charge in [-0.3, -0.25) is 9.69 Å². The predicted molar refractivity (Wildman–Crippen MR) is 76.7 cm³/mol. The number of halogens is 1. The van der Waals surface area contributed by atoms with E-state index in [9.17, 15) is 14.0 Å². The fraction of sp³-hybridized carbons (Fsp3) is 0.467. The van der Waals surface area contributed by atoms with Crippen molar-refractivity contribution in [2.75, 3.05) is 24.5 Å². The smallest absolute Gasteiger partial charge is 0.324 e. The van der Waals surface area contributed by atoms with Crippen LogP contribution >= 0.6 is 0 Å². The Hall–Kier alpha value is -2.11. The molecule has 1 heterocycles. The Bertz CT molecular complexity index is 535. The number of rotatable bonds is 3. The summed E-state index contributed by atoms with van der Waals surface area (Å²) in [7, 11) is 0. The molecule has 0 aliphatic carbocycles.